The van der Waals surface area contributed by atoms with Crippen molar-refractivity contribution in [2.45, 2.75) is 57.1 Å². The van der Waals surface area contributed by atoms with E-state index in [0.29, 0.717) is 33.5 Å². The van der Waals surface area contributed by atoms with Gasteiger partial charge in [-0.1, -0.05) is 54.7 Å². The summed E-state index contributed by atoms with van der Waals surface area (Å²) < 4.78 is 27.0. The minimum atomic E-state index is -3.97. The number of nitrogens with zero attached hydrogens (tertiary/aromatic N) is 2. The second-order valence-electron chi connectivity index (χ2n) is 8.18. The molecule has 192 valence electrons. The zero-order valence-corrected chi connectivity index (χ0v) is 23.2. The highest BCUT2D eigenvalue weighted by Gasteiger charge is 2.33. The number of nitrogens with one attached hydrogen (secondary N) is 1. The van der Waals surface area contributed by atoms with E-state index in [9.17, 15) is 18.0 Å². The summed E-state index contributed by atoms with van der Waals surface area (Å²) in [5, 5.41) is 3.98. The van der Waals surface area contributed by atoms with Crippen molar-refractivity contribution in [3.05, 3.63) is 63.1 Å². The van der Waals surface area contributed by atoms with Crippen LogP contribution in [0.3, 0.4) is 0 Å². The maximum Gasteiger partial charge on any atom is 0.243 e. The quantitative estimate of drug-likeness (QED) is 0.418. The highest BCUT2D eigenvalue weighted by atomic mass is 35.5. The maximum absolute atomic E-state index is 13.5. The van der Waals surface area contributed by atoms with Gasteiger partial charge in [0.25, 0.3) is 0 Å². The number of likely N-dealkylation sites (N-methyl/N-ethyl adjacent to an activating group) is 1. The van der Waals surface area contributed by atoms with Crippen LogP contribution in [0.4, 0.5) is 0 Å². The third kappa shape index (κ3) is 7.57. The van der Waals surface area contributed by atoms with Crippen LogP contribution in [0.2, 0.25) is 15.1 Å². The molecule has 7 nitrogen and oxygen atoms in total. The number of rotatable bonds is 11. The van der Waals surface area contributed by atoms with Crippen LogP contribution in [0.5, 0.6) is 0 Å². The van der Waals surface area contributed by atoms with Gasteiger partial charge in [-0.15, -0.1) is 0 Å². The maximum atomic E-state index is 13.5. The Morgan fingerprint density at radius 3 is 2.06 bits per heavy atom. The number of benzene rings is 2. The molecule has 0 aliphatic rings. The van der Waals surface area contributed by atoms with Crippen molar-refractivity contribution in [3.8, 4) is 0 Å². The number of halogens is 3. The Balaban J connectivity index is 2.39. The van der Waals surface area contributed by atoms with Crippen molar-refractivity contribution in [2.75, 3.05) is 13.6 Å². The molecule has 0 aliphatic carbocycles. The number of hydrogen-bond donors (Lipinski definition) is 1. The fourth-order valence-corrected chi connectivity index (χ4v) is 5.13. The minimum absolute atomic E-state index is 0.000506. The first kappa shape index (κ1) is 29.4. The summed E-state index contributed by atoms with van der Waals surface area (Å²) in [4.78, 5) is 27.9. The third-order valence-electron chi connectivity index (χ3n) is 5.66. The molecule has 0 radical (unpaired) electrons. The molecule has 0 saturated heterocycles. The number of carbonyl (C=O) groups excluding carboxylic acids is 2. The van der Waals surface area contributed by atoms with E-state index in [2.05, 4.69) is 5.32 Å². The molecule has 2 aromatic carbocycles. The van der Waals surface area contributed by atoms with Crippen LogP contribution in [-0.4, -0.2) is 55.1 Å². The van der Waals surface area contributed by atoms with Crippen LogP contribution in [0.1, 0.15) is 39.2 Å². The molecule has 11 heteroatoms. The van der Waals surface area contributed by atoms with Crippen LogP contribution in [0.25, 0.3) is 0 Å². The van der Waals surface area contributed by atoms with Crippen LogP contribution < -0.4 is 5.32 Å². The van der Waals surface area contributed by atoms with E-state index < -0.39 is 28.5 Å². The van der Waals surface area contributed by atoms with Gasteiger partial charge in [0.2, 0.25) is 21.8 Å². The number of sulfonamides is 1. The van der Waals surface area contributed by atoms with Crippen molar-refractivity contribution < 1.29 is 18.0 Å². The highest BCUT2D eigenvalue weighted by Crippen LogP contribution is 2.27. The monoisotopic (exact) mass is 561 g/mol. The second-order valence-corrected chi connectivity index (χ2v) is 11.5. The summed E-state index contributed by atoms with van der Waals surface area (Å²) >= 11 is 18.6. The van der Waals surface area contributed by atoms with Gasteiger partial charge in [0.05, 0.1) is 11.4 Å². The molecular weight excluding hydrogens is 533 g/mol. The zero-order chi connectivity index (χ0) is 26.3. The predicted octanol–water partition coefficient (Wildman–Crippen LogP) is 4.99. The van der Waals surface area contributed by atoms with Gasteiger partial charge in [0.1, 0.15) is 6.04 Å². The van der Waals surface area contributed by atoms with Crippen LogP contribution >= 0.6 is 34.8 Å². The van der Waals surface area contributed by atoms with E-state index >= 15 is 0 Å². The van der Waals surface area contributed by atoms with Gasteiger partial charge < -0.3 is 10.2 Å². The molecule has 0 unspecified atom stereocenters. The lowest BCUT2D eigenvalue weighted by Gasteiger charge is -2.33. The van der Waals surface area contributed by atoms with E-state index in [1.165, 1.54) is 36.2 Å². The lowest BCUT2D eigenvalue weighted by atomic mass is 10.1. The molecule has 0 aliphatic heterocycles. The van der Waals surface area contributed by atoms with Crippen LogP contribution in [-0.2, 0) is 26.2 Å². The van der Waals surface area contributed by atoms with E-state index in [1.807, 2.05) is 13.8 Å². The number of carbonyl (C=O) groups is 2. The molecule has 2 atom stereocenters. The van der Waals surface area contributed by atoms with Gasteiger partial charge in [-0.3, -0.25) is 9.59 Å². The molecular formula is C24H30Cl3N3O4S. The molecule has 0 heterocycles. The summed E-state index contributed by atoms with van der Waals surface area (Å²) in [6, 6.07) is 9.68. The third-order valence-corrected chi connectivity index (χ3v) is 8.43. The Morgan fingerprint density at radius 2 is 1.54 bits per heavy atom. The van der Waals surface area contributed by atoms with Gasteiger partial charge in [-0.2, -0.15) is 4.31 Å². The first-order valence-corrected chi connectivity index (χ1v) is 13.7. The van der Waals surface area contributed by atoms with E-state index in [1.54, 1.807) is 25.1 Å². The van der Waals surface area contributed by atoms with E-state index in [4.69, 9.17) is 34.8 Å². The molecule has 0 saturated carbocycles. The highest BCUT2D eigenvalue weighted by molar-refractivity contribution is 7.89. The largest absolute Gasteiger partial charge is 0.352 e. The average molecular weight is 563 g/mol. The van der Waals surface area contributed by atoms with Gasteiger partial charge >= 0.3 is 0 Å². The van der Waals surface area contributed by atoms with Crippen molar-refractivity contribution in [1.82, 2.24) is 14.5 Å². The van der Waals surface area contributed by atoms with Gasteiger partial charge in [0.15, 0.2) is 0 Å². The summed E-state index contributed by atoms with van der Waals surface area (Å²) in [5.41, 5.74) is 0.474. The Kier molecular flexibility index (Phi) is 10.9. The zero-order valence-electron chi connectivity index (χ0n) is 20.1. The normalized spacial score (nSPS) is 13.4. The van der Waals surface area contributed by atoms with Crippen molar-refractivity contribution in [3.63, 3.8) is 0 Å². The standard InChI is InChI=1S/C24H30Cl3N3O4S/c1-5-16(3)28-24(32)22(6-2)30(14-19-20(26)8-7-9-21(19)27)23(31)15-29(4)35(33,34)18-12-10-17(25)11-13-18/h7-13,16,22H,5-6,14-15H2,1-4H3,(H,28,32)/t16-,22+/m0/s1. The van der Waals surface area contributed by atoms with E-state index in [-0.39, 0.29) is 23.4 Å². The molecule has 35 heavy (non-hydrogen) atoms. The van der Waals surface area contributed by atoms with Crippen LogP contribution in [0.15, 0.2) is 47.4 Å². The van der Waals surface area contributed by atoms with Gasteiger partial charge in [0, 0.05) is 40.3 Å². The molecule has 2 aromatic rings. The Morgan fingerprint density at radius 1 is 0.971 bits per heavy atom. The minimum Gasteiger partial charge on any atom is -0.352 e. The van der Waals surface area contributed by atoms with Gasteiger partial charge in [-0.05, 0) is 56.2 Å². The van der Waals surface area contributed by atoms with Crippen molar-refractivity contribution in [1.29, 1.82) is 0 Å². The van der Waals surface area contributed by atoms with Crippen LogP contribution in [0, 0.1) is 0 Å². The smallest absolute Gasteiger partial charge is 0.243 e. The molecule has 2 rings (SSSR count). The first-order valence-electron chi connectivity index (χ1n) is 11.2. The summed E-state index contributed by atoms with van der Waals surface area (Å²) in [7, 11) is -2.67. The molecule has 0 aromatic heterocycles. The van der Waals surface area contributed by atoms with E-state index in [0.717, 1.165) is 4.31 Å². The number of amides is 2. The Bertz CT molecular complexity index is 1120. The summed E-state index contributed by atoms with van der Waals surface area (Å²) in [6.45, 7) is 5.05. The average Bonchev–Trinajstić information content (AvgIpc) is 2.80. The molecule has 1 N–H and O–H groups in total. The predicted molar refractivity (Wildman–Crippen MR) is 140 cm³/mol. The number of hydrogen-bond acceptors (Lipinski definition) is 4. The second kappa shape index (κ2) is 12.9. The summed E-state index contributed by atoms with van der Waals surface area (Å²) in [6.07, 6.45) is 1.03. The molecule has 2 amide bonds. The molecule has 0 bridgehead atoms. The first-order chi connectivity index (χ1) is 16.4. The van der Waals surface area contributed by atoms with Crippen molar-refractivity contribution >= 4 is 56.6 Å². The Labute approximate surface area is 222 Å². The fourth-order valence-electron chi connectivity index (χ4n) is 3.37. The topological polar surface area (TPSA) is 86.8 Å². The SMILES string of the molecule is CC[C@H](C(=O)N[C@@H](C)CC)N(Cc1c(Cl)cccc1Cl)C(=O)CN(C)S(=O)(=O)c1ccc(Cl)cc1. The van der Waals surface area contributed by atoms with Crippen molar-refractivity contribution in [2.24, 2.45) is 0 Å². The van der Waals surface area contributed by atoms with Gasteiger partial charge in [-0.25, -0.2) is 8.42 Å². The summed E-state index contributed by atoms with van der Waals surface area (Å²) in [5.74, 6) is -0.895. The lowest BCUT2D eigenvalue weighted by molar-refractivity contribution is -0.141. The molecule has 0 fully saturated rings. The molecule has 0 spiro atoms. The fraction of sp³-hybridized carbons (Fsp3) is 0.417. The Hall–Kier alpha value is -1.84. The lowest BCUT2D eigenvalue weighted by Crippen LogP contribution is -2.53.